The topological polar surface area (TPSA) is 89.3 Å². The number of hydrogen-bond acceptors (Lipinski definition) is 7. The second kappa shape index (κ2) is 10.9. The van der Waals surface area contributed by atoms with Crippen molar-refractivity contribution in [2.45, 2.75) is 62.1 Å². The van der Waals surface area contributed by atoms with Crippen LogP contribution in [0.5, 0.6) is 5.75 Å². The number of phenolic OH excluding ortho intramolecular Hbond substituents is 1. The number of anilines is 1. The zero-order valence-electron chi connectivity index (χ0n) is 19.7. The van der Waals surface area contributed by atoms with Crippen LogP contribution in [0, 0.1) is 0 Å². The fraction of sp³-hybridized carbons (Fsp3) is 0.346. The number of rotatable bonds is 6. The lowest BCUT2D eigenvalue weighted by Crippen LogP contribution is -2.32. The predicted molar refractivity (Wildman–Crippen MR) is 144 cm³/mol. The van der Waals surface area contributed by atoms with E-state index < -0.39 is 6.04 Å². The standard InChI is InChI=1S/C26H26BrClN4O3S/c1-15-22(24(34)35-18-8-3-2-4-9-18)23(16-11-12-19(27)21(33)13-16)32-25(29-15)30-26(31-32)36-14-17-7-5-6-10-20(17)28/h5-7,10-13,18,23,33H,2-4,8-9,14H2,1H3,(H,29,30,31). The van der Waals surface area contributed by atoms with E-state index in [0.717, 1.165) is 31.2 Å². The number of phenols is 1. The Morgan fingerprint density at radius 3 is 2.78 bits per heavy atom. The van der Waals surface area contributed by atoms with Crippen molar-refractivity contribution in [3.05, 3.63) is 74.4 Å². The Bertz CT molecular complexity index is 1320. The quantitative estimate of drug-likeness (QED) is 0.240. The van der Waals surface area contributed by atoms with Crippen molar-refractivity contribution < 1.29 is 14.6 Å². The number of halogens is 2. The second-order valence-electron chi connectivity index (χ2n) is 8.99. The summed E-state index contributed by atoms with van der Waals surface area (Å²) >= 11 is 11.1. The van der Waals surface area contributed by atoms with Gasteiger partial charge >= 0.3 is 5.97 Å². The number of fused-ring (bicyclic) bond motifs is 1. The van der Waals surface area contributed by atoms with Gasteiger partial charge in [0.05, 0.1) is 10.0 Å². The fourth-order valence-corrected chi connectivity index (χ4v) is 5.98. The summed E-state index contributed by atoms with van der Waals surface area (Å²) in [7, 11) is 0. The molecule has 1 fully saturated rings. The Morgan fingerprint density at radius 2 is 2.03 bits per heavy atom. The van der Waals surface area contributed by atoms with E-state index in [0.29, 0.717) is 43.2 Å². The molecule has 10 heteroatoms. The summed E-state index contributed by atoms with van der Waals surface area (Å²) in [5.74, 6) is 0.843. The lowest BCUT2D eigenvalue weighted by molar-refractivity contribution is -0.146. The summed E-state index contributed by atoms with van der Waals surface area (Å²) in [5, 5.41) is 19.7. The van der Waals surface area contributed by atoms with Gasteiger partial charge in [0.2, 0.25) is 11.1 Å². The number of aromatic nitrogens is 3. The maximum Gasteiger partial charge on any atom is 0.338 e. The molecule has 1 unspecified atom stereocenters. The van der Waals surface area contributed by atoms with Crippen LogP contribution in [0.25, 0.3) is 0 Å². The van der Waals surface area contributed by atoms with Gasteiger partial charge in [-0.3, -0.25) is 0 Å². The molecule has 5 rings (SSSR count). The van der Waals surface area contributed by atoms with E-state index in [1.54, 1.807) is 16.8 Å². The van der Waals surface area contributed by atoms with Crippen LogP contribution < -0.4 is 5.32 Å². The molecule has 0 bridgehead atoms. The molecule has 2 heterocycles. The van der Waals surface area contributed by atoms with E-state index >= 15 is 0 Å². The predicted octanol–water partition coefficient (Wildman–Crippen LogP) is 6.86. The Hall–Kier alpha value is -2.49. The van der Waals surface area contributed by atoms with E-state index in [9.17, 15) is 9.90 Å². The zero-order valence-corrected chi connectivity index (χ0v) is 22.9. The average molecular weight is 590 g/mol. The number of nitrogens with zero attached hydrogens (tertiary/aromatic N) is 3. The van der Waals surface area contributed by atoms with E-state index in [-0.39, 0.29) is 17.8 Å². The lowest BCUT2D eigenvalue weighted by Gasteiger charge is -2.30. The first-order valence-electron chi connectivity index (χ1n) is 11.9. The van der Waals surface area contributed by atoms with Gasteiger partial charge in [-0.15, -0.1) is 5.10 Å². The highest BCUT2D eigenvalue weighted by Crippen LogP contribution is 2.40. The van der Waals surface area contributed by atoms with Crippen molar-refractivity contribution in [2.75, 3.05) is 5.32 Å². The molecular formula is C26H26BrClN4O3S. The number of carbonyl (C=O) groups is 1. The first-order chi connectivity index (χ1) is 17.4. The van der Waals surface area contributed by atoms with Gasteiger partial charge in [-0.05, 0) is 77.9 Å². The number of esters is 1. The van der Waals surface area contributed by atoms with E-state index in [4.69, 9.17) is 21.4 Å². The normalized spacial score (nSPS) is 18.0. The number of ether oxygens (including phenoxy) is 1. The molecule has 1 aliphatic heterocycles. The van der Waals surface area contributed by atoms with Crippen LogP contribution in [-0.2, 0) is 15.3 Å². The van der Waals surface area contributed by atoms with Gasteiger partial charge in [0, 0.05) is 16.5 Å². The third kappa shape index (κ3) is 5.28. The first kappa shape index (κ1) is 25.2. The Balaban J connectivity index is 1.48. The molecule has 2 aliphatic rings. The molecule has 0 saturated heterocycles. The Labute approximate surface area is 227 Å². The van der Waals surface area contributed by atoms with Gasteiger partial charge in [0.1, 0.15) is 17.9 Å². The van der Waals surface area contributed by atoms with Crippen molar-refractivity contribution in [1.82, 2.24) is 14.8 Å². The lowest BCUT2D eigenvalue weighted by atomic mass is 9.94. The molecule has 2 aromatic carbocycles. The first-order valence-corrected chi connectivity index (χ1v) is 14.1. The molecule has 188 valence electrons. The minimum atomic E-state index is -0.599. The van der Waals surface area contributed by atoms with Gasteiger partial charge in [-0.25, -0.2) is 9.48 Å². The van der Waals surface area contributed by atoms with E-state index in [2.05, 4.69) is 26.2 Å². The molecule has 36 heavy (non-hydrogen) atoms. The minimum Gasteiger partial charge on any atom is -0.507 e. The third-order valence-corrected chi connectivity index (χ3v) is 8.41. The largest absolute Gasteiger partial charge is 0.507 e. The highest BCUT2D eigenvalue weighted by molar-refractivity contribution is 9.10. The van der Waals surface area contributed by atoms with Crippen LogP contribution in [-0.4, -0.2) is 31.9 Å². The van der Waals surface area contributed by atoms with E-state index in [1.807, 2.05) is 37.3 Å². The summed E-state index contributed by atoms with van der Waals surface area (Å²) in [6.07, 6.45) is 4.99. The number of benzene rings is 2. The molecule has 1 aromatic heterocycles. The van der Waals surface area contributed by atoms with Gasteiger partial charge in [0.25, 0.3) is 0 Å². The number of nitrogens with one attached hydrogen (secondary N) is 1. The Kier molecular flexibility index (Phi) is 7.60. The third-order valence-electron chi connectivity index (χ3n) is 6.48. The van der Waals surface area contributed by atoms with Gasteiger partial charge < -0.3 is 15.2 Å². The fourth-order valence-electron chi connectivity index (χ4n) is 4.62. The van der Waals surface area contributed by atoms with Crippen LogP contribution in [0.2, 0.25) is 5.02 Å². The molecule has 1 saturated carbocycles. The van der Waals surface area contributed by atoms with Crippen LogP contribution >= 0.6 is 39.3 Å². The monoisotopic (exact) mass is 588 g/mol. The number of hydrogen-bond donors (Lipinski definition) is 2. The van der Waals surface area contributed by atoms with Crippen molar-refractivity contribution in [1.29, 1.82) is 0 Å². The molecular weight excluding hydrogens is 564 g/mol. The molecule has 0 amide bonds. The van der Waals surface area contributed by atoms with Gasteiger partial charge in [-0.1, -0.05) is 54.0 Å². The van der Waals surface area contributed by atoms with Gasteiger partial charge in [0.15, 0.2) is 0 Å². The zero-order chi connectivity index (χ0) is 25.2. The molecule has 1 atom stereocenters. The molecule has 7 nitrogen and oxygen atoms in total. The SMILES string of the molecule is CC1=C(C(=O)OC2CCCCC2)C(c2ccc(Br)c(O)c2)n2nc(SCc3ccccc3Cl)nc2N1. The molecule has 0 spiro atoms. The number of aromatic hydroxyl groups is 1. The van der Waals surface area contributed by atoms with Crippen LogP contribution in [0.1, 0.15) is 56.2 Å². The van der Waals surface area contributed by atoms with Crippen molar-refractivity contribution in [3.8, 4) is 5.75 Å². The maximum absolute atomic E-state index is 13.5. The van der Waals surface area contributed by atoms with Crippen LogP contribution in [0.15, 0.2) is 63.4 Å². The molecule has 0 radical (unpaired) electrons. The summed E-state index contributed by atoms with van der Waals surface area (Å²) < 4.78 is 8.23. The number of allylic oxidation sites excluding steroid dienone is 1. The maximum atomic E-state index is 13.5. The molecule has 1 aliphatic carbocycles. The highest BCUT2D eigenvalue weighted by Gasteiger charge is 2.36. The van der Waals surface area contributed by atoms with Crippen molar-refractivity contribution >= 4 is 51.2 Å². The Morgan fingerprint density at radius 1 is 1.25 bits per heavy atom. The number of thioether (sulfide) groups is 1. The highest BCUT2D eigenvalue weighted by atomic mass is 79.9. The summed E-state index contributed by atoms with van der Waals surface area (Å²) in [6.45, 7) is 1.85. The molecule has 3 aromatic rings. The summed E-state index contributed by atoms with van der Waals surface area (Å²) in [6, 6.07) is 12.3. The van der Waals surface area contributed by atoms with E-state index in [1.165, 1.54) is 18.2 Å². The average Bonchev–Trinajstić information content (AvgIpc) is 3.27. The smallest absolute Gasteiger partial charge is 0.338 e. The van der Waals surface area contributed by atoms with Crippen molar-refractivity contribution in [2.24, 2.45) is 0 Å². The summed E-state index contributed by atoms with van der Waals surface area (Å²) in [4.78, 5) is 18.2. The van der Waals surface area contributed by atoms with Crippen molar-refractivity contribution in [3.63, 3.8) is 0 Å². The van der Waals surface area contributed by atoms with Gasteiger partial charge in [-0.2, -0.15) is 4.98 Å². The number of carbonyl (C=O) groups excluding carboxylic acids is 1. The summed E-state index contributed by atoms with van der Waals surface area (Å²) in [5.41, 5.74) is 2.82. The van der Waals surface area contributed by atoms with Crippen LogP contribution in [0.4, 0.5) is 5.95 Å². The second-order valence-corrected chi connectivity index (χ2v) is 11.2. The minimum absolute atomic E-state index is 0.0793. The molecule has 2 N–H and O–H groups in total. The van der Waals surface area contributed by atoms with Crippen LogP contribution in [0.3, 0.4) is 0 Å².